The minimum Gasteiger partial charge on any atom is -0.493 e. The Morgan fingerprint density at radius 3 is 2.67 bits per heavy atom. The van der Waals surface area contributed by atoms with Crippen LogP contribution in [-0.4, -0.2) is 18.6 Å². The third-order valence-electron chi connectivity index (χ3n) is 3.61. The van der Waals surface area contributed by atoms with E-state index in [9.17, 15) is 0 Å². The second-order valence-electron chi connectivity index (χ2n) is 5.45. The molecule has 0 fully saturated rings. The molecule has 1 aromatic heterocycles. The van der Waals surface area contributed by atoms with Crippen LogP contribution in [0.1, 0.15) is 32.3 Å². The predicted octanol–water partition coefficient (Wildman–Crippen LogP) is 3.72. The molecule has 2 rings (SSSR count). The van der Waals surface area contributed by atoms with E-state index in [2.05, 4.69) is 50.1 Å². The molecule has 3 nitrogen and oxygen atoms in total. The maximum Gasteiger partial charge on any atom is 0.122 e. The van der Waals surface area contributed by atoms with Crippen LogP contribution in [0.5, 0.6) is 5.75 Å². The van der Waals surface area contributed by atoms with Gasteiger partial charge >= 0.3 is 0 Å². The number of ether oxygens (including phenoxy) is 1. The van der Waals surface area contributed by atoms with Crippen molar-refractivity contribution >= 4 is 11.3 Å². The number of hydrogen-bond acceptors (Lipinski definition) is 4. The van der Waals surface area contributed by atoms with Crippen LogP contribution in [0.4, 0.5) is 0 Å². The monoisotopic (exact) mass is 304 g/mol. The van der Waals surface area contributed by atoms with Gasteiger partial charge in [0.05, 0.1) is 17.3 Å². The third-order valence-corrected chi connectivity index (χ3v) is 4.83. The van der Waals surface area contributed by atoms with Gasteiger partial charge in [-0.25, -0.2) is 4.98 Å². The van der Waals surface area contributed by atoms with Gasteiger partial charge in [-0.15, -0.1) is 11.3 Å². The molecule has 1 heterocycles. The Labute approximate surface area is 131 Å². The molecule has 0 unspecified atom stereocenters. The number of aryl methyl sites for hydroxylation is 3. The average Bonchev–Trinajstić information content (AvgIpc) is 2.76. The summed E-state index contributed by atoms with van der Waals surface area (Å²) in [7, 11) is 1.96. The molecule has 2 aromatic rings. The molecular weight excluding hydrogens is 280 g/mol. The maximum absolute atomic E-state index is 5.96. The summed E-state index contributed by atoms with van der Waals surface area (Å²) in [5.41, 5.74) is 4.89. The van der Waals surface area contributed by atoms with E-state index in [1.807, 2.05) is 7.05 Å². The Kier molecular flexibility index (Phi) is 5.37. The zero-order chi connectivity index (χ0) is 15.4. The zero-order valence-electron chi connectivity index (χ0n) is 13.5. The molecule has 1 aromatic carbocycles. The van der Waals surface area contributed by atoms with Gasteiger partial charge in [0.2, 0.25) is 0 Å². The minimum absolute atomic E-state index is 0.676. The largest absolute Gasteiger partial charge is 0.493 e. The van der Waals surface area contributed by atoms with Crippen molar-refractivity contribution in [3.8, 4) is 5.75 Å². The molecule has 0 bridgehead atoms. The molecule has 1 N–H and O–H groups in total. The summed E-state index contributed by atoms with van der Waals surface area (Å²) in [6.45, 7) is 9.98. The van der Waals surface area contributed by atoms with E-state index in [-0.39, 0.29) is 0 Å². The van der Waals surface area contributed by atoms with Crippen molar-refractivity contribution in [2.75, 3.05) is 13.7 Å². The quantitative estimate of drug-likeness (QED) is 0.883. The number of rotatable bonds is 6. The van der Waals surface area contributed by atoms with Crippen molar-refractivity contribution in [3.63, 3.8) is 0 Å². The first-order valence-corrected chi connectivity index (χ1v) is 8.13. The van der Waals surface area contributed by atoms with E-state index in [1.54, 1.807) is 11.3 Å². The molecule has 0 saturated heterocycles. The maximum atomic E-state index is 5.96. The van der Waals surface area contributed by atoms with E-state index < -0.39 is 0 Å². The smallest absolute Gasteiger partial charge is 0.122 e. The van der Waals surface area contributed by atoms with E-state index >= 15 is 0 Å². The van der Waals surface area contributed by atoms with Crippen molar-refractivity contribution in [1.29, 1.82) is 0 Å². The summed E-state index contributed by atoms with van der Waals surface area (Å²) in [6.07, 6.45) is 0.863. The second-order valence-corrected chi connectivity index (χ2v) is 6.62. The lowest BCUT2D eigenvalue weighted by molar-refractivity contribution is 0.319. The highest BCUT2D eigenvalue weighted by molar-refractivity contribution is 7.11. The Balaban J connectivity index is 1.97. The van der Waals surface area contributed by atoms with Gasteiger partial charge in [-0.3, -0.25) is 0 Å². The summed E-state index contributed by atoms with van der Waals surface area (Å²) in [5.74, 6) is 0.997. The van der Waals surface area contributed by atoms with E-state index in [1.165, 1.54) is 21.6 Å². The van der Waals surface area contributed by atoms with E-state index in [0.717, 1.165) is 29.4 Å². The lowest BCUT2D eigenvalue weighted by atomic mass is 10.1. The van der Waals surface area contributed by atoms with Gasteiger partial charge in [0.1, 0.15) is 5.75 Å². The summed E-state index contributed by atoms with van der Waals surface area (Å²) in [6, 6.07) is 4.30. The van der Waals surface area contributed by atoms with Crippen LogP contribution in [0.3, 0.4) is 0 Å². The van der Waals surface area contributed by atoms with Gasteiger partial charge in [0.15, 0.2) is 0 Å². The molecular formula is C17H24N2OS. The molecule has 21 heavy (non-hydrogen) atoms. The van der Waals surface area contributed by atoms with Crippen LogP contribution in [0, 0.1) is 27.7 Å². The molecule has 0 radical (unpaired) electrons. The van der Waals surface area contributed by atoms with Crippen molar-refractivity contribution in [1.82, 2.24) is 10.3 Å². The van der Waals surface area contributed by atoms with Crippen LogP contribution in [0.25, 0.3) is 0 Å². The standard InChI is InChI=1S/C17H24N2OS/c1-11-8-12(2)13(3)15(9-11)20-7-6-17-19-14(4)16(21-17)10-18-5/h8-9,18H,6-7,10H2,1-5H3. The number of benzene rings is 1. The molecule has 4 heteroatoms. The first-order chi connectivity index (χ1) is 10.0. The van der Waals surface area contributed by atoms with Crippen molar-refractivity contribution in [3.05, 3.63) is 44.4 Å². The highest BCUT2D eigenvalue weighted by Crippen LogP contribution is 2.24. The van der Waals surface area contributed by atoms with Gasteiger partial charge < -0.3 is 10.1 Å². The third kappa shape index (κ3) is 4.05. The minimum atomic E-state index is 0.676. The molecule has 0 aliphatic heterocycles. The normalized spacial score (nSPS) is 10.9. The van der Waals surface area contributed by atoms with Gasteiger partial charge in [0, 0.05) is 17.8 Å². The van der Waals surface area contributed by atoms with Crippen LogP contribution in [0.15, 0.2) is 12.1 Å². The lowest BCUT2D eigenvalue weighted by Crippen LogP contribution is -2.04. The van der Waals surface area contributed by atoms with E-state index in [0.29, 0.717) is 6.61 Å². The first kappa shape index (κ1) is 16.0. The van der Waals surface area contributed by atoms with Crippen molar-refractivity contribution in [2.45, 2.75) is 40.7 Å². The highest BCUT2D eigenvalue weighted by Gasteiger charge is 2.08. The summed E-state index contributed by atoms with van der Waals surface area (Å²) >= 11 is 1.78. The highest BCUT2D eigenvalue weighted by atomic mass is 32.1. The Morgan fingerprint density at radius 1 is 1.19 bits per heavy atom. The average molecular weight is 304 g/mol. The van der Waals surface area contributed by atoms with Crippen LogP contribution >= 0.6 is 11.3 Å². The fourth-order valence-electron chi connectivity index (χ4n) is 2.32. The molecule has 0 aliphatic rings. The molecule has 0 spiro atoms. The topological polar surface area (TPSA) is 34.1 Å². The van der Waals surface area contributed by atoms with Gasteiger partial charge in [-0.05, 0) is 57.5 Å². The first-order valence-electron chi connectivity index (χ1n) is 7.31. The number of nitrogens with one attached hydrogen (secondary N) is 1. The Bertz CT molecular complexity index is 619. The summed E-state index contributed by atoms with van der Waals surface area (Å²) in [5, 5.41) is 4.33. The molecule has 0 atom stereocenters. The number of nitrogens with zero attached hydrogens (tertiary/aromatic N) is 1. The second kappa shape index (κ2) is 7.05. The van der Waals surface area contributed by atoms with Crippen LogP contribution in [0.2, 0.25) is 0 Å². The number of aromatic nitrogens is 1. The molecule has 0 aliphatic carbocycles. The van der Waals surface area contributed by atoms with E-state index in [4.69, 9.17) is 4.74 Å². The summed E-state index contributed by atoms with van der Waals surface area (Å²) < 4.78 is 5.96. The SMILES string of the molecule is CNCc1sc(CCOc2cc(C)cc(C)c2C)nc1C. The fourth-order valence-corrected chi connectivity index (χ4v) is 3.38. The van der Waals surface area contributed by atoms with Crippen LogP contribution < -0.4 is 10.1 Å². The van der Waals surface area contributed by atoms with Gasteiger partial charge in [-0.1, -0.05) is 6.07 Å². The van der Waals surface area contributed by atoms with Crippen molar-refractivity contribution in [2.24, 2.45) is 0 Å². The Hall–Kier alpha value is -1.39. The Morgan fingerprint density at radius 2 is 1.95 bits per heavy atom. The molecule has 0 amide bonds. The number of thiazole rings is 1. The van der Waals surface area contributed by atoms with Gasteiger partial charge in [0.25, 0.3) is 0 Å². The van der Waals surface area contributed by atoms with Gasteiger partial charge in [-0.2, -0.15) is 0 Å². The lowest BCUT2D eigenvalue weighted by Gasteiger charge is -2.11. The fraction of sp³-hybridized carbons (Fsp3) is 0.471. The van der Waals surface area contributed by atoms with Crippen molar-refractivity contribution < 1.29 is 4.74 Å². The molecule has 0 saturated carbocycles. The zero-order valence-corrected chi connectivity index (χ0v) is 14.4. The predicted molar refractivity (Wildman–Crippen MR) is 89.5 cm³/mol. The summed E-state index contributed by atoms with van der Waals surface area (Å²) in [4.78, 5) is 5.93. The van der Waals surface area contributed by atoms with Crippen LogP contribution in [-0.2, 0) is 13.0 Å². The molecule has 114 valence electrons. The number of hydrogen-bond donors (Lipinski definition) is 1.